The Bertz CT molecular complexity index is 266. The zero-order valence-electron chi connectivity index (χ0n) is 16.1. The quantitative estimate of drug-likeness (QED) is 0.264. The lowest BCUT2D eigenvalue weighted by molar-refractivity contribution is -0.137. The number of carboxylic acid groups (broad SMARTS) is 1. The van der Waals surface area contributed by atoms with Crippen LogP contribution in [0.4, 0.5) is 0 Å². The van der Waals surface area contributed by atoms with E-state index in [-0.39, 0.29) is 6.10 Å². The highest BCUT2D eigenvalue weighted by atomic mass is 16.4. The van der Waals surface area contributed by atoms with Crippen molar-refractivity contribution in [2.24, 2.45) is 0 Å². The molecule has 0 aliphatic heterocycles. The maximum atomic E-state index is 10.4. The van der Waals surface area contributed by atoms with Gasteiger partial charge >= 0.3 is 5.97 Å². The molecule has 24 heavy (non-hydrogen) atoms. The lowest BCUT2D eigenvalue weighted by Gasteiger charge is -2.10. The van der Waals surface area contributed by atoms with Crippen molar-refractivity contribution < 1.29 is 15.0 Å². The average Bonchev–Trinajstić information content (AvgIpc) is 2.55. The summed E-state index contributed by atoms with van der Waals surface area (Å²) in [5.74, 6) is -0.676. The van der Waals surface area contributed by atoms with Crippen molar-refractivity contribution in [3.63, 3.8) is 0 Å². The molecule has 0 amide bonds. The number of carboxylic acids is 1. The second-order valence-electron chi connectivity index (χ2n) is 7.32. The van der Waals surface area contributed by atoms with Crippen LogP contribution in [0.1, 0.15) is 122 Å². The Morgan fingerprint density at radius 2 is 1.04 bits per heavy atom. The number of unbranched alkanes of at least 4 members (excludes halogenated alkanes) is 13. The first-order valence-electron chi connectivity index (χ1n) is 10.6. The molecule has 144 valence electrons. The average molecular weight is 343 g/mol. The molecule has 0 fully saturated rings. The maximum absolute atomic E-state index is 10.4. The van der Waals surface area contributed by atoms with Gasteiger partial charge in [-0.25, -0.2) is 0 Å². The summed E-state index contributed by atoms with van der Waals surface area (Å²) in [7, 11) is 0. The lowest BCUT2D eigenvalue weighted by Crippen LogP contribution is -2.05. The Labute approximate surface area is 150 Å². The van der Waals surface area contributed by atoms with Crippen LogP contribution in [0.3, 0.4) is 0 Å². The van der Waals surface area contributed by atoms with Crippen molar-refractivity contribution in [1.82, 2.24) is 0 Å². The first-order chi connectivity index (χ1) is 11.7. The minimum absolute atomic E-state index is 0.0864. The molecule has 3 heteroatoms. The summed E-state index contributed by atoms with van der Waals surface area (Å²) in [5, 5.41) is 18.5. The Balaban J connectivity index is 3.15. The predicted molar refractivity (Wildman–Crippen MR) is 102 cm³/mol. The van der Waals surface area contributed by atoms with E-state index in [4.69, 9.17) is 5.11 Å². The fourth-order valence-electron chi connectivity index (χ4n) is 3.20. The number of rotatable bonds is 19. The van der Waals surface area contributed by atoms with Gasteiger partial charge in [0.25, 0.3) is 0 Å². The third kappa shape index (κ3) is 19.5. The maximum Gasteiger partial charge on any atom is 0.303 e. The number of carbonyl (C=O) groups is 1. The second-order valence-corrected chi connectivity index (χ2v) is 7.32. The SMILES string of the molecule is CCCCCCCCCC(O)CCCCCCCCCCC(=O)O. The van der Waals surface area contributed by atoms with Crippen molar-refractivity contribution in [3.8, 4) is 0 Å². The molecule has 3 nitrogen and oxygen atoms in total. The summed E-state index contributed by atoms with van der Waals surface area (Å²) < 4.78 is 0. The van der Waals surface area contributed by atoms with Gasteiger partial charge in [0, 0.05) is 6.42 Å². The molecule has 0 aromatic heterocycles. The van der Waals surface area contributed by atoms with Crippen molar-refractivity contribution in [1.29, 1.82) is 0 Å². The molecular formula is C21H42O3. The summed E-state index contributed by atoms with van der Waals surface area (Å²) in [5.41, 5.74) is 0. The van der Waals surface area contributed by atoms with E-state index in [9.17, 15) is 9.90 Å². The van der Waals surface area contributed by atoms with E-state index in [1.165, 1.54) is 70.6 Å². The predicted octanol–water partition coefficient (Wildman–Crippen LogP) is 6.47. The van der Waals surface area contributed by atoms with Crippen LogP contribution < -0.4 is 0 Å². The van der Waals surface area contributed by atoms with Gasteiger partial charge in [-0.15, -0.1) is 0 Å². The van der Waals surface area contributed by atoms with Crippen LogP contribution in [-0.2, 0) is 4.79 Å². The molecule has 0 rings (SSSR count). The van der Waals surface area contributed by atoms with Crippen molar-refractivity contribution in [3.05, 3.63) is 0 Å². The van der Waals surface area contributed by atoms with E-state index in [0.29, 0.717) is 6.42 Å². The number of aliphatic carboxylic acids is 1. The first kappa shape index (κ1) is 23.4. The van der Waals surface area contributed by atoms with E-state index in [2.05, 4.69) is 6.92 Å². The monoisotopic (exact) mass is 342 g/mol. The Morgan fingerprint density at radius 1 is 0.667 bits per heavy atom. The molecule has 0 aliphatic carbocycles. The third-order valence-corrected chi connectivity index (χ3v) is 4.82. The lowest BCUT2D eigenvalue weighted by atomic mass is 10.0. The number of aliphatic hydroxyl groups is 1. The molecular weight excluding hydrogens is 300 g/mol. The Kier molecular flexibility index (Phi) is 18.3. The van der Waals surface area contributed by atoms with Gasteiger partial charge in [-0.05, 0) is 19.3 Å². The van der Waals surface area contributed by atoms with Crippen LogP contribution in [-0.4, -0.2) is 22.3 Å². The standard InChI is InChI=1S/C21H42O3/c1-2-3-4-5-8-11-14-17-20(22)18-15-12-9-6-7-10-13-16-19-21(23)24/h20,22H,2-19H2,1H3,(H,23,24). The number of aliphatic hydroxyl groups excluding tert-OH is 1. The highest BCUT2D eigenvalue weighted by molar-refractivity contribution is 5.66. The summed E-state index contributed by atoms with van der Waals surface area (Å²) in [4.78, 5) is 10.4. The first-order valence-corrected chi connectivity index (χ1v) is 10.6. The number of hydrogen-bond acceptors (Lipinski definition) is 2. The zero-order chi connectivity index (χ0) is 17.9. The fourth-order valence-corrected chi connectivity index (χ4v) is 3.20. The zero-order valence-corrected chi connectivity index (χ0v) is 16.1. The van der Waals surface area contributed by atoms with Gasteiger partial charge in [-0.1, -0.05) is 96.8 Å². The molecule has 0 heterocycles. The molecule has 0 bridgehead atoms. The van der Waals surface area contributed by atoms with Gasteiger partial charge in [-0.2, -0.15) is 0 Å². The molecule has 0 saturated carbocycles. The van der Waals surface area contributed by atoms with Gasteiger partial charge in [0.05, 0.1) is 6.10 Å². The van der Waals surface area contributed by atoms with Gasteiger partial charge in [0.2, 0.25) is 0 Å². The summed E-state index contributed by atoms with van der Waals surface area (Å²) in [6.45, 7) is 2.25. The molecule has 1 atom stereocenters. The summed E-state index contributed by atoms with van der Waals surface area (Å²) in [6.07, 6.45) is 20.5. The van der Waals surface area contributed by atoms with Gasteiger partial charge in [-0.3, -0.25) is 4.79 Å². The van der Waals surface area contributed by atoms with E-state index in [0.717, 1.165) is 38.5 Å². The highest BCUT2D eigenvalue weighted by Crippen LogP contribution is 2.15. The normalized spacial score (nSPS) is 12.4. The largest absolute Gasteiger partial charge is 0.481 e. The molecule has 0 saturated heterocycles. The van der Waals surface area contributed by atoms with Crippen molar-refractivity contribution in [2.75, 3.05) is 0 Å². The van der Waals surface area contributed by atoms with Gasteiger partial charge in [0.15, 0.2) is 0 Å². The Morgan fingerprint density at radius 3 is 1.46 bits per heavy atom. The van der Waals surface area contributed by atoms with Gasteiger partial charge < -0.3 is 10.2 Å². The molecule has 0 aliphatic rings. The van der Waals surface area contributed by atoms with Crippen LogP contribution >= 0.6 is 0 Å². The summed E-state index contributed by atoms with van der Waals surface area (Å²) in [6, 6.07) is 0. The van der Waals surface area contributed by atoms with Crippen LogP contribution in [0.5, 0.6) is 0 Å². The van der Waals surface area contributed by atoms with Crippen LogP contribution in [0.15, 0.2) is 0 Å². The molecule has 0 aromatic carbocycles. The molecule has 1 unspecified atom stereocenters. The highest BCUT2D eigenvalue weighted by Gasteiger charge is 2.03. The van der Waals surface area contributed by atoms with E-state index in [1.807, 2.05) is 0 Å². The summed E-state index contributed by atoms with van der Waals surface area (Å²) >= 11 is 0. The second kappa shape index (κ2) is 18.8. The third-order valence-electron chi connectivity index (χ3n) is 4.82. The molecule has 0 aromatic rings. The minimum Gasteiger partial charge on any atom is -0.481 e. The Hall–Kier alpha value is -0.570. The van der Waals surface area contributed by atoms with Crippen LogP contribution in [0.2, 0.25) is 0 Å². The van der Waals surface area contributed by atoms with Gasteiger partial charge in [0.1, 0.15) is 0 Å². The number of hydrogen-bond donors (Lipinski definition) is 2. The smallest absolute Gasteiger partial charge is 0.303 e. The van der Waals surface area contributed by atoms with Crippen molar-refractivity contribution in [2.45, 2.75) is 129 Å². The molecule has 2 N–H and O–H groups in total. The minimum atomic E-state index is -0.676. The molecule has 0 radical (unpaired) electrons. The van der Waals surface area contributed by atoms with E-state index >= 15 is 0 Å². The van der Waals surface area contributed by atoms with Crippen molar-refractivity contribution >= 4 is 5.97 Å². The van der Waals surface area contributed by atoms with E-state index in [1.54, 1.807) is 0 Å². The van der Waals surface area contributed by atoms with Crippen LogP contribution in [0, 0.1) is 0 Å². The fraction of sp³-hybridized carbons (Fsp3) is 0.952. The topological polar surface area (TPSA) is 57.5 Å². The molecule has 0 spiro atoms. The van der Waals surface area contributed by atoms with E-state index < -0.39 is 5.97 Å². The van der Waals surface area contributed by atoms with Crippen LogP contribution in [0.25, 0.3) is 0 Å².